The van der Waals surface area contributed by atoms with E-state index >= 15 is 0 Å². The highest BCUT2D eigenvalue weighted by Crippen LogP contribution is 2.32. The molecule has 2 rings (SSSR count). The molecule has 3 unspecified atom stereocenters. The molecule has 0 spiro atoms. The molecule has 3 atom stereocenters. The van der Waals surface area contributed by atoms with Crippen molar-refractivity contribution in [2.24, 2.45) is 11.8 Å². The number of nitrogens with two attached hydrogens (primary N) is 1. The van der Waals surface area contributed by atoms with Crippen molar-refractivity contribution >= 4 is 5.82 Å². The predicted octanol–water partition coefficient (Wildman–Crippen LogP) is 2.62. The third-order valence-electron chi connectivity index (χ3n) is 4.28. The summed E-state index contributed by atoms with van der Waals surface area (Å²) in [7, 11) is 2.07. The molecule has 3 nitrogen and oxygen atoms in total. The normalized spacial score (nSPS) is 25.9. The van der Waals surface area contributed by atoms with Gasteiger partial charge in [0.2, 0.25) is 0 Å². The second kappa shape index (κ2) is 6.19. The molecule has 0 aromatic carbocycles. The largest absolute Gasteiger partial charge is 0.383 e. The van der Waals surface area contributed by atoms with Gasteiger partial charge < -0.3 is 11.1 Å². The predicted molar refractivity (Wildman–Crippen MR) is 76.3 cm³/mol. The summed E-state index contributed by atoms with van der Waals surface area (Å²) in [6.07, 6.45) is 8.19. The zero-order valence-corrected chi connectivity index (χ0v) is 11.5. The Balaban J connectivity index is 2.03. The highest BCUT2D eigenvalue weighted by Gasteiger charge is 2.26. The van der Waals surface area contributed by atoms with Crippen molar-refractivity contribution in [2.45, 2.75) is 45.1 Å². The number of aromatic nitrogens is 1. The molecule has 1 aliphatic rings. The van der Waals surface area contributed by atoms with Crippen LogP contribution in [0.15, 0.2) is 18.3 Å². The Kier molecular flexibility index (Phi) is 4.59. The highest BCUT2D eigenvalue weighted by atomic mass is 14.9. The van der Waals surface area contributed by atoms with E-state index in [-0.39, 0.29) is 0 Å². The summed E-state index contributed by atoms with van der Waals surface area (Å²) in [5, 5.41) is 3.48. The highest BCUT2D eigenvalue weighted by molar-refractivity contribution is 5.38. The SMILES string of the molecule is CNC(Cc1cccnc1N)C1CCCC(C)C1. The van der Waals surface area contributed by atoms with Gasteiger partial charge in [-0.05, 0) is 49.8 Å². The van der Waals surface area contributed by atoms with Crippen LogP contribution >= 0.6 is 0 Å². The Hall–Kier alpha value is -1.09. The Labute approximate surface area is 110 Å². The molecule has 0 bridgehead atoms. The van der Waals surface area contributed by atoms with Crippen LogP contribution in [0.2, 0.25) is 0 Å². The number of anilines is 1. The van der Waals surface area contributed by atoms with Gasteiger partial charge in [0.05, 0.1) is 0 Å². The van der Waals surface area contributed by atoms with E-state index in [9.17, 15) is 0 Å². The Morgan fingerprint density at radius 2 is 2.33 bits per heavy atom. The number of nitrogen functional groups attached to an aromatic ring is 1. The van der Waals surface area contributed by atoms with Crippen molar-refractivity contribution in [1.29, 1.82) is 0 Å². The second-order valence-electron chi connectivity index (χ2n) is 5.68. The van der Waals surface area contributed by atoms with Gasteiger partial charge in [-0.3, -0.25) is 0 Å². The lowest BCUT2D eigenvalue weighted by Crippen LogP contribution is -2.38. The minimum atomic E-state index is 0.527. The van der Waals surface area contributed by atoms with Gasteiger partial charge in [-0.2, -0.15) is 0 Å². The lowest BCUT2D eigenvalue weighted by Gasteiger charge is -2.33. The van der Waals surface area contributed by atoms with E-state index in [1.165, 1.54) is 31.2 Å². The van der Waals surface area contributed by atoms with Crippen molar-refractivity contribution in [3.8, 4) is 0 Å². The lowest BCUT2D eigenvalue weighted by atomic mass is 9.77. The number of rotatable bonds is 4. The first-order chi connectivity index (χ1) is 8.70. The fourth-order valence-corrected chi connectivity index (χ4v) is 3.21. The van der Waals surface area contributed by atoms with Gasteiger partial charge in [-0.1, -0.05) is 25.8 Å². The van der Waals surface area contributed by atoms with Crippen LogP contribution in [-0.4, -0.2) is 18.1 Å². The van der Waals surface area contributed by atoms with Crippen LogP contribution in [0, 0.1) is 11.8 Å². The van der Waals surface area contributed by atoms with Gasteiger partial charge in [0.15, 0.2) is 0 Å². The summed E-state index contributed by atoms with van der Waals surface area (Å²) in [5.41, 5.74) is 7.12. The molecular formula is C15H25N3. The Morgan fingerprint density at radius 3 is 3.00 bits per heavy atom. The number of hydrogen-bond acceptors (Lipinski definition) is 3. The fourth-order valence-electron chi connectivity index (χ4n) is 3.21. The van der Waals surface area contributed by atoms with Crippen molar-refractivity contribution in [3.05, 3.63) is 23.9 Å². The average Bonchev–Trinajstić information content (AvgIpc) is 2.38. The van der Waals surface area contributed by atoms with E-state index in [0.29, 0.717) is 11.9 Å². The standard InChI is InChI=1S/C15H25N3/c1-11-5-3-6-12(9-11)14(17-2)10-13-7-4-8-18-15(13)16/h4,7-8,11-12,14,17H,3,5-6,9-10H2,1-2H3,(H2,16,18). The van der Waals surface area contributed by atoms with Crippen molar-refractivity contribution in [1.82, 2.24) is 10.3 Å². The van der Waals surface area contributed by atoms with E-state index < -0.39 is 0 Å². The molecule has 1 heterocycles. The molecule has 0 saturated heterocycles. The first-order valence-electron chi connectivity index (χ1n) is 7.07. The lowest BCUT2D eigenvalue weighted by molar-refractivity contribution is 0.227. The Morgan fingerprint density at radius 1 is 1.50 bits per heavy atom. The zero-order chi connectivity index (χ0) is 13.0. The third-order valence-corrected chi connectivity index (χ3v) is 4.28. The number of nitrogens with one attached hydrogen (secondary N) is 1. The molecule has 0 amide bonds. The summed E-state index contributed by atoms with van der Waals surface area (Å²) in [6, 6.07) is 4.60. The first-order valence-corrected chi connectivity index (χ1v) is 7.07. The molecule has 1 aliphatic carbocycles. The summed E-state index contributed by atoms with van der Waals surface area (Å²) in [6.45, 7) is 2.37. The summed E-state index contributed by atoms with van der Waals surface area (Å²) in [4.78, 5) is 4.18. The minimum absolute atomic E-state index is 0.527. The van der Waals surface area contributed by atoms with Gasteiger partial charge in [0.1, 0.15) is 5.82 Å². The van der Waals surface area contributed by atoms with Crippen LogP contribution in [0.1, 0.15) is 38.2 Å². The fraction of sp³-hybridized carbons (Fsp3) is 0.667. The monoisotopic (exact) mass is 247 g/mol. The number of pyridine rings is 1. The van der Waals surface area contributed by atoms with E-state index in [0.717, 1.165) is 18.3 Å². The molecule has 3 N–H and O–H groups in total. The summed E-state index contributed by atoms with van der Waals surface area (Å²) >= 11 is 0. The summed E-state index contributed by atoms with van der Waals surface area (Å²) < 4.78 is 0. The topological polar surface area (TPSA) is 50.9 Å². The van der Waals surface area contributed by atoms with Crippen LogP contribution in [0.5, 0.6) is 0 Å². The minimum Gasteiger partial charge on any atom is -0.383 e. The quantitative estimate of drug-likeness (QED) is 0.860. The van der Waals surface area contributed by atoms with E-state index in [4.69, 9.17) is 5.73 Å². The van der Waals surface area contributed by atoms with Crippen LogP contribution < -0.4 is 11.1 Å². The van der Waals surface area contributed by atoms with Crippen molar-refractivity contribution < 1.29 is 0 Å². The van der Waals surface area contributed by atoms with Crippen molar-refractivity contribution in [3.63, 3.8) is 0 Å². The van der Waals surface area contributed by atoms with Gasteiger partial charge in [0, 0.05) is 12.2 Å². The molecule has 0 radical (unpaired) electrons. The molecule has 100 valence electrons. The molecule has 1 fully saturated rings. The van der Waals surface area contributed by atoms with Crippen molar-refractivity contribution in [2.75, 3.05) is 12.8 Å². The van der Waals surface area contributed by atoms with Crippen LogP contribution in [0.25, 0.3) is 0 Å². The maximum atomic E-state index is 5.94. The van der Waals surface area contributed by atoms with Gasteiger partial charge in [-0.15, -0.1) is 0 Å². The molecule has 1 saturated carbocycles. The zero-order valence-electron chi connectivity index (χ0n) is 11.5. The maximum absolute atomic E-state index is 5.94. The molecule has 1 aromatic heterocycles. The van der Waals surface area contributed by atoms with Crippen LogP contribution in [-0.2, 0) is 6.42 Å². The average molecular weight is 247 g/mol. The molecular weight excluding hydrogens is 222 g/mol. The van der Waals surface area contributed by atoms with E-state index in [1.807, 2.05) is 6.07 Å². The van der Waals surface area contributed by atoms with Crippen LogP contribution in [0.3, 0.4) is 0 Å². The second-order valence-corrected chi connectivity index (χ2v) is 5.68. The molecule has 3 heteroatoms. The smallest absolute Gasteiger partial charge is 0.126 e. The first kappa shape index (κ1) is 13.3. The Bertz CT molecular complexity index is 378. The van der Waals surface area contributed by atoms with Gasteiger partial charge in [-0.25, -0.2) is 4.98 Å². The number of likely N-dealkylation sites (N-methyl/N-ethyl adjacent to an activating group) is 1. The molecule has 18 heavy (non-hydrogen) atoms. The number of nitrogens with zero attached hydrogens (tertiary/aromatic N) is 1. The summed E-state index contributed by atoms with van der Waals surface area (Å²) in [5.74, 6) is 2.32. The van der Waals surface area contributed by atoms with Gasteiger partial charge in [0.25, 0.3) is 0 Å². The maximum Gasteiger partial charge on any atom is 0.126 e. The third kappa shape index (κ3) is 3.22. The van der Waals surface area contributed by atoms with E-state index in [2.05, 4.69) is 30.3 Å². The molecule has 0 aliphatic heterocycles. The van der Waals surface area contributed by atoms with Gasteiger partial charge >= 0.3 is 0 Å². The molecule has 1 aromatic rings. The van der Waals surface area contributed by atoms with Crippen LogP contribution in [0.4, 0.5) is 5.82 Å². The number of hydrogen-bond donors (Lipinski definition) is 2. The van der Waals surface area contributed by atoms with E-state index in [1.54, 1.807) is 6.20 Å².